The van der Waals surface area contributed by atoms with Gasteiger partial charge in [0.15, 0.2) is 0 Å². The zero-order valence-electron chi connectivity index (χ0n) is 12.3. The summed E-state index contributed by atoms with van der Waals surface area (Å²) in [4.78, 5) is 43.2. The molecule has 0 atom stereocenters. The second kappa shape index (κ2) is 12.6. The third kappa shape index (κ3) is 10.1. The second-order valence-corrected chi connectivity index (χ2v) is 4.59. The van der Waals surface area contributed by atoms with Gasteiger partial charge in [0.25, 0.3) is 0 Å². The van der Waals surface area contributed by atoms with E-state index in [0.717, 1.165) is 0 Å². The van der Waals surface area contributed by atoms with Crippen LogP contribution in [0.15, 0.2) is 0 Å². The van der Waals surface area contributed by atoms with Crippen molar-refractivity contribution < 1.29 is 73.1 Å². The fourth-order valence-corrected chi connectivity index (χ4v) is 1.91. The third-order valence-corrected chi connectivity index (χ3v) is 2.86. The largest absolute Gasteiger partial charge is 0.481 e. The van der Waals surface area contributed by atoms with E-state index >= 15 is 0 Å². The molecule has 0 unspecified atom stereocenters. The minimum absolute atomic E-state index is 0. The standard InChI is InChI=1S/C10H16N2O8.Fe.3H2O/c11-9(1-5(13)14,2-6(15)16)10(12,3-7(17)18)4-8(19)20;;;;/h1-4,11-12H2,(H,13,14)(H,15,16)(H,17,18)(H,19,20);;3*1H2. The Hall–Kier alpha value is -1.80. The molecule has 0 amide bonds. The Labute approximate surface area is 146 Å². The van der Waals surface area contributed by atoms with Gasteiger partial charge < -0.3 is 48.3 Å². The molecule has 0 aliphatic carbocycles. The molecule has 0 aromatic carbocycles. The van der Waals surface area contributed by atoms with E-state index in [4.69, 9.17) is 31.9 Å². The first-order chi connectivity index (χ1) is 8.92. The summed E-state index contributed by atoms with van der Waals surface area (Å²) in [6.45, 7) is 0. The third-order valence-electron chi connectivity index (χ3n) is 2.86. The van der Waals surface area contributed by atoms with Crippen LogP contribution >= 0.6 is 0 Å². The SMILES string of the molecule is NC(CC(=O)O)(CC(=O)O)C(N)(CC(=O)O)CC(=O)O.O.O.O.[Fe]. The topological polar surface area (TPSA) is 296 Å². The Morgan fingerprint density at radius 3 is 0.792 bits per heavy atom. The van der Waals surface area contributed by atoms with E-state index in [2.05, 4.69) is 0 Å². The first-order valence-corrected chi connectivity index (χ1v) is 5.37. The van der Waals surface area contributed by atoms with Gasteiger partial charge in [-0.2, -0.15) is 0 Å². The molecule has 0 bridgehead atoms. The average molecular weight is 402 g/mol. The van der Waals surface area contributed by atoms with Crippen LogP contribution in [-0.4, -0.2) is 71.8 Å². The summed E-state index contributed by atoms with van der Waals surface area (Å²) in [6, 6.07) is 0. The summed E-state index contributed by atoms with van der Waals surface area (Å²) >= 11 is 0. The minimum Gasteiger partial charge on any atom is -0.481 e. The number of carboxylic acid groups (broad SMARTS) is 4. The summed E-state index contributed by atoms with van der Waals surface area (Å²) in [5.74, 6) is -6.06. The van der Waals surface area contributed by atoms with Crippen molar-refractivity contribution in [2.45, 2.75) is 36.8 Å². The molecule has 0 aromatic heterocycles. The number of carboxylic acids is 4. The summed E-state index contributed by atoms with van der Waals surface area (Å²) in [5, 5.41) is 35.1. The molecule has 14 heteroatoms. The molecule has 0 saturated heterocycles. The van der Waals surface area contributed by atoms with E-state index in [-0.39, 0.29) is 33.5 Å². The second-order valence-electron chi connectivity index (χ2n) is 4.59. The van der Waals surface area contributed by atoms with Gasteiger partial charge in [-0.15, -0.1) is 0 Å². The maximum absolute atomic E-state index is 10.8. The molecule has 146 valence electrons. The Morgan fingerprint density at radius 2 is 0.708 bits per heavy atom. The maximum atomic E-state index is 10.8. The Morgan fingerprint density at radius 1 is 0.583 bits per heavy atom. The summed E-state index contributed by atoms with van der Waals surface area (Å²) < 4.78 is 0. The molecule has 0 fully saturated rings. The van der Waals surface area contributed by atoms with Gasteiger partial charge in [0.1, 0.15) is 0 Å². The molecule has 0 saturated carbocycles. The van der Waals surface area contributed by atoms with Crippen molar-refractivity contribution in [1.29, 1.82) is 0 Å². The normalized spacial score (nSPS) is 9.92. The van der Waals surface area contributed by atoms with Gasteiger partial charge in [0.2, 0.25) is 0 Å². The van der Waals surface area contributed by atoms with E-state index in [9.17, 15) is 19.2 Å². The zero-order valence-corrected chi connectivity index (χ0v) is 13.4. The summed E-state index contributed by atoms with van der Waals surface area (Å²) in [5.41, 5.74) is 6.88. The van der Waals surface area contributed by atoms with Gasteiger partial charge in [0, 0.05) is 17.1 Å². The van der Waals surface area contributed by atoms with Crippen molar-refractivity contribution >= 4 is 23.9 Å². The molecule has 0 aliphatic rings. The summed E-state index contributed by atoms with van der Waals surface area (Å²) in [7, 11) is 0. The van der Waals surface area contributed by atoms with Crippen LogP contribution in [0.2, 0.25) is 0 Å². The van der Waals surface area contributed by atoms with Gasteiger partial charge in [-0.05, 0) is 0 Å². The Bertz CT molecular complexity index is 371. The van der Waals surface area contributed by atoms with Crippen LogP contribution in [0.4, 0.5) is 0 Å². The number of hydrogen-bond donors (Lipinski definition) is 6. The van der Waals surface area contributed by atoms with Crippen molar-refractivity contribution in [3.05, 3.63) is 0 Å². The van der Waals surface area contributed by atoms with E-state index in [1.54, 1.807) is 0 Å². The number of nitrogens with two attached hydrogens (primary N) is 2. The predicted molar refractivity (Wildman–Crippen MR) is 73.7 cm³/mol. The van der Waals surface area contributed by atoms with Gasteiger partial charge in [-0.3, -0.25) is 19.2 Å². The average Bonchev–Trinajstić information content (AvgIpc) is 2.10. The number of hydrogen-bond acceptors (Lipinski definition) is 6. The number of rotatable bonds is 9. The monoisotopic (exact) mass is 402 g/mol. The predicted octanol–water partition coefficient (Wildman–Crippen LogP) is -4.20. The van der Waals surface area contributed by atoms with Crippen molar-refractivity contribution in [3.63, 3.8) is 0 Å². The van der Waals surface area contributed by atoms with E-state index < -0.39 is 60.6 Å². The van der Waals surface area contributed by atoms with Crippen LogP contribution in [0, 0.1) is 0 Å². The van der Waals surface area contributed by atoms with Crippen LogP contribution in [0.25, 0.3) is 0 Å². The van der Waals surface area contributed by atoms with Crippen LogP contribution in [-0.2, 0) is 36.2 Å². The van der Waals surface area contributed by atoms with Crippen LogP contribution < -0.4 is 11.5 Å². The summed E-state index contributed by atoms with van der Waals surface area (Å²) in [6.07, 6.45) is -3.90. The van der Waals surface area contributed by atoms with Crippen LogP contribution in [0.3, 0.4) is 0 Å². The van der Waals surface area contributed by atoms with Crippen molar-refractivity contribution in [3.8, 4) is 0 Å². The van der Waals surface area contributed by atoms with Gasteiger partial charge in [-0.25, -0.2) is 0 Å². The molecular formula is C10H22FeN2O11. The van der Waals surface area contributed by atoms with E-state index in [0.29, 0.717) is 0 Å². The quantitative estimate of drug-likeness (QED) is 0.202. The van der Waals surface area contributed by atoms with Crippen molar-refractivity contribution in [1.82, 2.24) is 0 Å². The van der Waals surface area contributed by atoms with Gasteiger partial charge >= 0.3 is 23.9 Å². The van der Waals surface area contributed by atoms with Gasteiger partial charge in [-0.1, -0.05) is 0 Å². The number of carbonyl (C=O) groups is 4. The molecule has 0 radical (unpaired) electrons. The Balaban J connectivity index is -0.000000301. The fraction of sp³-hybridized carbons (Fsp3) is 0.600. The van der Waals surface area contributed by atoms with Crippen LogP contribution in [0.1, 0.15) is 25.7 Å². The zero-order chi connectivity index (χ0) is 16.1. The van der Waals surface area contributed by atoms with Gasteiger partial charge in [0.05, 0.1) is 36.8 Å². The number of aliphatic carboxylic acids is 4. The molecule has 14 N–H and O–H groups in total. The molecule has 13 nitrogen and oxygen atoms in total. The van der Waals surface area contributed by atoms with E-state index in [1.165, 1.54) is 0 Å². The molecule has 0 aromatic rings. The molecule has 0 spiro atoms. The first kappa shape index (κ1) is 33.7. The van der Waals surface area contributed by atoms with Crippen molar-refractivity contribution in [2.75, 3.05) is 0 Å². The smallest absolute Gasteiger partial charge is 0.305 e. The first-order valence-electron chi connectivity index (χ1n) is 5.37. The fourth-order valence-electron chi connectivity index (χ4n) is 1.91. The molecule has 24 heavy (non-hydrogen) atoms. The Kier molecular flexibility index (Phi) is 17.7. The van der Waals surface area contributed by atoms with Crippen LogP contribution in [0.5, 0.6) is 0 Å². The van der Waals surface area contributed by atoms with E-state index in [1.807, 2.05) is 0 Å². The molecule has 0 rings (SSSR count). The van der Waals surface area contributed by atoms with Crippen molar-refractivity contribution in [2.24, 2.45) is 11.5 Å². The molecule has 0 heterocycles. The molecular weight excluding hydrogens is 380 g/mol. The maximum Gasteiger partial charge on any atom is 0.305 e. The molecule has 0 aliphatic heterocycles. The minimum atomic E-state index is -2.22.